The van der Waals surface area contributed by atoms with Crippen molar-refractivity contribution < 1.29 is 9.59 Å². The van der Waals surface area contributed by atoms with Gasteiger partial charge in [0.25, 0.3) is 11.8 Å². The summed E-state index contributed by atoms with van der Waals surface area (Å²) < 4.78 is 0. The predicted molar refractivity (Wildman–Crippen MR) is 160 cm³/mol. The minimum Gasteiger partial charge on any atom is -0.399 e. The minimum absolute atomic E-state index is 0.303. The van der Waals surface area contributed by atoms with Crippen LogP contribution in [0.2, 0.25) is 0 Å². The maximum absolute atomic E-state index is 13.0. The van der Waals surface area contributed by atoms with Crippen molar-refractivity contribution in [3.05, 3.63) is 138 Å². The second kappa shape index (κ2) is 11.1. The summed E-state index contributed by atoms with van der Waals surface area (Å²) >= 11 is 0. The Morgan fingerprint density at radius 2 is 0.795 bits per heavy atom. The molecule has 0 bridgehead atoms. The lowest BCUT2D eigenvalue weighted by Gasteiger charge is -2.11. The maximum Gasteiger partial charge on any atom is 0.255 e. The van der Waals surface area contributed by atoms with E-state index in [2.05, 4.69) is 73.0 Å². The zero-order chi connectivity index (χ0) is 27.4. The van der Waals surface area contributed by atoms with Crippen LogP contribution in [-0.4, -0.2) is 11.8 Å². The zero-order valence-corrected chi connectivity index (χ0v) is 21.9. The zero-order valence-electron chi connectivity index (χ0n) is 21.9. The van der Waals surface area contributed by atoms with Crippen molar-refractivity contribution in [2.24, 2.45) is 0 Å². The van der Waals surface area contributed by atoms with E-state index in [1.165, 1.54) is 11.1 Å². The molecule has 2 amide bonds. The van der Waals surface area contributed by atoms with Gasteiger partial charge in [0, 0.05) is 28.2 Å². The fraction of sp³-hybridized carbons (Fsp3) is 0.0588. The number of carbonyl (C=O) groups is 2. The lowest BCUT2D eigenvalue weighted by atomic mass is 10.0. The average Bonchev–Trinajstić information content (AvgIpc) is 2.94. The van der Waals surface area contributed by atoms with Crippen LogP contribution in [0.25, 0.3) is 22.3 Å². The number of amides is 2. The first-order valence-corrected chi connectivity index (χ1v) is 12.7. The molecule has 0 saturated carbocycles. The number of nitrogens with two attached hydrogens (primary N) is 1. The molecule has 0 heterocycles. The molecule has 192 valence electrons. The summed E-state index contributed by atoms with van der Waals surface area (Å²) in [6.45, 7) is 4.11. The standard InChI is InChI=1S/C34H29N3O2/c1-22-3-7-24(8-4-22)26-11-15-31(16-12-26)36-33(38)28-19-29(21-30(35)20-28)34(39)37-32-17-13-27(14-18-32)25-9-5-23(2)6-10-25/h3-21H,35H2,1-2H3,(H,36,38)(H,37,39). The first-order chi connectivity index (χ1) is 18.8. The number of nitrogen functional groups attached to an aromatic ring is 1. The molecule has 0 unspecified atom stereocenters. The SMILES string of the molecule is Cc1ccc(-c2ccc(NC(=O)c3cc(N)cc(C(=O)Nc4ccc(-c5ccc(C)cc5)cc4)c3)cc2)cc1. The first-order valence-electron chi connectivity index (χ1n) is 12.7. The predicted octanol–water partition coefficient (Wildman–Crippen LogP) is 7.72. The number of aryl methyl sites for hydroxylation is 2. The van der Waals surface area contributed by atoms with Crippen molar-refractivity contribution in [3.63, 3.8) is 0 Å². The normalized spacial score (nSPS) is 10.6. The van der Waals surface area contributed by atoms with Crippen LogP contribution in [0, 0.1) is 13.8 Å². The fourth-order valence-corrected chi connectivity index (χ4v) is 4.30. The Bertz CT molecular complexity index is 1500. The Hall–Kier alpha value is -5.16. The van der Waals surface area contributed by atoms with Gasteiger partial charge in [-0.3, -0.25) is 9.59 Å². The van der Waals surface area contributed by atoms with Crippen molar-refractivity contribution in [2.45, 2.75) is 13.8 Å². The third kappa shape index (κ3) is 6.22. The Morgan fingerprint density at radius 3 is 1.13 bits per heavy atom. The molecule has 0 aromatic heterocycles. The van der Waals surface area contributed by atoms with Crippen LogP contribution in [0.3, 0.4) is 0 Å². The lowest BCUT2D eigenvalue weighted by molar-refractivity contribution is 0.102. The summed E-state index contributed by atoms with van der Waals surface area (Å²) in [6.07, 6.45) is 0. The highest BCUT2D eigenvalue weighted by Crippen LogP contribution is 2.24. The molecule has 39 heavy (non-hydrogen) atoms. The summed E-state index contributed by atoms with van der Waals surface area (Å²) in [4.78, 5) is 26.0. The molecule has 0 saturated heterocycles. The number of hydrogen-bond acceptors (Lipinski definition) is 3. The molecule has 5 aromatic carbocycles. The van der Waals surface area contributed by atoms with Crippen LogP contribution in [0.15, 0.2) is 115 Å². The highest BCUT2D eigenvalue weighted by Gasteiger charge is 2.14. The van der Waals surface area contributed by atoms with E-state index in [0.717, 1.165) is 22.3 Å². The molecule has 4 N–H and O–H groups in total. The van der Waals surface area contributed by atoms with Gasteiger partial charge < -0.3 is 16.4 Å². The molecule has 0 aliphatic carbocycles. The second-order valence-electron chi connectivity index (χ2n) is 9.64. The topological polar surface area (TPSA) is 84.2 Å². The van der Waals surface area contributed by atoms with Crippen LogP contribution in [0.4, 0.5) is 17.1 Å². The lowest BCUT2D eigenvalue weighted by Crippen LogP contribution is -2.16. The Kier molecular flexibility index (Phi) is 7.23. The third-order valence-electron chi connectivity index (χ3n) is 6.54. The number of benzene rings is 5. The quantitative estimate of drug-likeness (QED) is 0.204. The van der Waals surface area contributed by atoms with Gasteiger partial charge in [-0.15, -0.1) is 0 Å². The Balaban J connectivity index is 1.26. The number of rotatable bonds is 6. The van der Waals surface area contributed by atoms with E-state index in [4.69, 9.17) is 5.73 Å². The largest absolute Gasteiger partial charge is 0.399 e. The molecule has 5 nitrogen and oxygen atoms in total. The minimum atomic E-state index is -0.345. The maximum atomic E-state index is 13.0. The van der Waals surface area contributed by atoms with Crippen molar-refractivity contribution in [2.75, 3.05) is 16.4 Å². The van der Waals surface area contributed by atoms with Crippen LogP contribution in [0.1, 0.15) is 31.8 Å². The second-order valence-corrected chi connectivity index (χ2v) is 9.64. The van der Waals surface area contributed by atoms with Gasteiger partial charge in [0.05, 0.1) is 0 Å². The summed E-state index contributed by atoms with van der Waals surface area (Å²) in [7, 11) is 0. The van der Waals surface area contributed by atoms with Crippen molar-refractivity contribution >= 4 is 28.9 Å². The molecule has 5 rings (SSSR count). The Labute approximate surface area is 228 Å². The number of nitrogens with one attached hydrogen (secondary N) is 2. The van der Waals surface area contributed by atoms with Gasteiger partial charge >= 0.3 is 0 Å². The highest BCUT2D eigenvalue weighted by molar-refractivity contribution is 6.09. The molecular weight excluding hydrogens is 482 g/mol. The summed E-state index contributed by atoms with van der Waals surface area (Å²) in [5.74, 6) is -0.691. The summed E-state index contributed by atoms with van der Waals surface area (Å²) in [5.41, 5.74) is 15.0. The molecule has 0 atom stereocenters. The van der Waals surface area contributed by atoms with Crippen LogP contribution in [-0.2, 0) is 0 Å². The van der Waals surface area contributed by atoms with E-state index in [1.807, 2.05) is 48.5 Å². The van der Waals surface area contributed by atoms with Crippen molar-refractivity contribution in [1.29, 1.82) is 0 Å². The van der Waals surface area contributed by atoms with Gasteiger partial charge in [0.2, 0.25) is 0 Å². The first kappa shape index (κ1) is 25.5. The molecule has 0 fully saturated rings. The van der Waals surface area contributed by atoms with E-state index < -0.39 is 0 Å². The van der Waals surface area contributed by atoms with Gasteiger partial charge in [-0.25, -0.2) is 0 Å². The van der Waals surface area contributed by atoms with Crippen molar-refractivity contribution in [1.82, 2.24) is 0 Å². The summed E-state index contributed by atoms with van der Waals surface area (Å²) in [6, 6.07) is 36.5. The van der Waals surface area contributed by atoms with Gasteiger partial charge in [0.15, 0.2) is 0 Å². The molecule has 0 radical (unpaired) electrons. The Morgan fingerprint density at radius 1 is 0.487 bits per heavy atom. The number of hydrogen-bond donors (Lipinski definition) is 3. The molecular formula is C34H29N3O2. The average molecular weight is 512 g/mol. The van der Waals surface area contributed by atoms with Crippen molar-refractivity contribution in [3.8, 4) is 22.3 Å². The van der Waals surface area contributed by atoms with Crippen LogP contribution >= 0.6 is 0 Å². The fourth-order valence-electron chi connectivity index (χ4n) is 4.30. The van der Waals surface area contributed by atoms with E-state index in [0.29, 0.717) is 28.2 Å². The van der Waals surface area contributed by atoms with Gasteiger partial charge in [-0.2, -0.15) is 0 Å². The van der Waals surface area contributed by atoms with Gasteiger partial charge in [-0.05, 0) is 78.6 Å². The number of carbonyl (C=O) groups excluding carboxylic acids is 2. The van der Waals surface area contributed by atoms with E-state index >= 15 is 0 Å². The van der Waals surface area contributed by atoms with E-state index in [1.54, 1.807) is 18.2 Å². The van der Waals surface area contributed by atoms with Crippen LogP contribution in [0.5, 0.6) is 0 Å². The number of anilines is 3. The highest BCUT2D eigenvalue weighted by atomic mass is 16.2. The molecule has 5 heteroatoms. The third-order valence-corrected chi connectivity index (χ3v) is 6.54. The van der Waals surface area contributed by atoms with E-state index in [-0.39, 0.29) is 11.8 Å². The molecule has 5 aromatic rings. The smallest absolute Gasteiger partial charge is 0.255 e. The van der Waals surface area contributed by atoms with Crippen LogP contribution < -0.4 is 16.4 Å². The monoisotopic (exact) mass is 511 g/mol. The molecule has 0 aliphatic rings. The van der Waals surface area contributed by atoms with E-state index in [9.17, 15) is 9.59 Å². The van der Waals surface area contributed by atoms with Gasteiger partial charge in [-0.1, -0.05) is 83.9 Å². The molecule has 0 aliphatic heterocycles. The molecule has 0 spiro atoms. The summed E-state index contributed by atoms with van der Waals surface area (Å²) in [5, 5.41) is 5.78. The van der Waals surface area contributed by atoms with Gasteiger partial charge in [0.1, 0.15) is 0 Å².